The summed E-state index contributed by atoms with van der Waals surface area (Å²) in [5, 5.41) is 80.8. The van der Waals surface area contributed by atoms with Gasteiger partial charge in [-0.2, -0.15) is 0 Å². The summed E-state index contributed by atoms with van der Waals surface area (Å²) in [5.74, 6) is -2.69. The van der Waals surface area contributed by atoms with Gasteiger partial charge in [-0.1, -0.05) is 18.2 Å². The van der Waals surface area contributed by atoms with E-state index in [1.54, 1.807) is 19.1 Å². The monoisotopic (exact) mass is 686 g/mol. The minimum Gasteiger partial charge on any atom is -0.508 e. The largest absolute Gasteiger partial charge is 0.508 e. The first kappa shape index (κ1) is 37.6. The highest BCUT2D eigenvalue weighted by Gasteiger charge is 2.48. The summed E-state index contributed by atoms with van der Waals surface area (Å²) >= 11 is 0. The van der Waals surface area contributed by atoms with Gasteiger partial charge in [0.1, 0.15) is 61.2 Å². The second-order valence-corrected chi connectivity index (χ2v) is 11.4. The van der Waals surface area contributed by atoms with Crippen LogP contribution in [0.3, 0.4) is 0 Å². The number of hydrogen-bond acceptors (Lipinski definition) is 17. The van der Waals surface area contributed by atoms with E-state index in [2.05, 4.69) is 0 Å². The summed E-state index contributed by atoms with van der Waals surface area (Å²) in [6.07, 6.45) is -14.6. The molecule has 1 aromatic carbocycles. The van der Waals surface area contributed by atoms with Crippen LogP contribution in [0.15, 0.2) is 47.7 Å². The molecule has 17 nitrogen and oxygen atoms in total. The topological polar surface area (TPSA) is 261 Å². The molecule has 1 aromatic rings. The average Bonchev–Trinajstić information content (AvgIpc) is 3.08. The average molecular weight is 687 g/mol. The van der Waals surface area contributed by atoms with Crippen molar-refractivity contribution in [2.24, 2.45) is 5.92 Å². The lowest BCUT2D eigenvalue weighted by molar-refractivity contribution is -0.327. The number of methoxy groups -OCH3 is 1. The summed E-state index contributed by atoms with van der Waals surface area (Å²) in [7, 11) is 1.12. The van der Waals surface area contributed by atoms with Crippen LogP contribution in [0.4, 0.5) is 0 Å². The van der Waals surface area contributed by atoms with Gasteiger partial charge in [-0.25, -0.2) is 4.79 Å². The molecule has 0 spiro atoms. The number of rotatable bonds is 12. The van der Waals surface area contributed by atoms with Crippen molar-refractivity contribution >= 4 is 11.9 Å². The molecule has 4 rings (SSSR count). The first-order chi connectivity index (χ1) is 22.9. The Balaban J connectivity index is 1.39. The molecule has 2 fully saturated rings. The summed E-state index contributed by atoms with van der Waals surface area (Å²) < 4.78 is 38.0. The Morgan fingerprint density at radius 3 is 2.12 bits per heavy atom. The highest BCUT2D eigenvalue weighted by atomic mass is 16.8. The lowest BCUT2D eigenvalue weighted by atomic mass is 9.86. The van der Waals surface area contributed by atoms with Gasteiger partial charge in [0.05, 0.1) is 38.6 Å². The third kappa shape index (κ3) is 8.68. The van der Waals surface area contributed by atoms with E-state index in [0.717, 1.165) is 18.9 Å². The van der Waals surface area contributed by atoms with E-state index in [1.165, 1.54) is 18.2 Å². The Labute approximate surface area is 275 Å². The molecular formula is C31H42O17. The number of carbonyl (C=O) groups is 2. The summed E-state index contributed by atoms with van der Waals surface area (Å²) in [4.78, 5) is 25.7. The Kier molecular flexibility index (Phi) is 13.3. The Hall–Kier alpha value is -3.20. The van der Waals surface area contributed by atoms with Crippen molar-refractivity contribution in [2.75, 3.05) is 26.9 Å². The highest BCUT2D eigenvalue weighted by Crippen LogP contribution is 2.36. The lowest BCUT2D eigenvalue weighted by Gasteiger charge is -2.42. The molecule has 0 unspecified atom stereocenters. The predicted molar refractivity (Wildman–Crippen MR) is 157 cm³/mol. The number of phenolic OH excluding ortho intramolecular Hbond substituents is 1. The number of ether oxygens (including phenoxy) is 7. The van der Waals surface area contributed by atoms with E-state index in [1.807, 2.05) is 0 Å². The second kappa shape index (κ2) is 17.0. The molecule has 0 radical (unpaired) electrons. The Bertz CT molecular complexity index is 1280. The zero-order valence-corrected chi connectivity index (χ0v) is 26.2. The maximum Gasteiger partial charge on any atom is 0.337 e. The fourth-order valence-corrected chi connectivity index (χ4v) is 5.47. The molecular weight excluding hydrogens is 644 g/mol. The van der Waals surface area contributed by atoms with Crippen LogP contribution in [0.1, 0.15) is 18.9 Å². The Morgan fingerprint density at radius 2 is 1.50 bits per heavy atom. The first-order valence-electron chi connectivity index (χ1n) is 15.2. The number of benzene rings is 1. The maximum absolute atomic E-state index is 13.1. The number of allylic oxidation sites excluding steroid dienone is 1. The van der Waals surface area contributed by atoms with Crippen LogP contribution in [-0.4, -0.2) is 147 Å². The van der Waals surface area contributed by atoms with Crippen molar-refractivity contribution in [1.29, 1.82) is 0 Å². The second-order valence-electron chi connectivity index (χ2n) is 11.4. The van der Waals surface area contributed by atoms with Gasteiger partial charge in [0.2, 0.25) is 6.29 Å². The number of phenols is 1. The standard InChI is InChI=1S/C31H42O17/c1-3-16-17(18(28(41)42-2)12-45-29(16)48-31-27(40)24(37)22(35)19(11-32)46-31)10-21(34)44-13-20-23(36)25(38)26(39)30(47-20)43-9-8-14-4-6-15(33)7-5-14/h3-7,12,17,19-20,22-27,29-33,35-40H,8-11,13H2,1-2H3/t17-,19+,20+,22+,23-,24-,25+,26-,27+,29-,30-,31+/m0/s1. The highest BCUT2D eigenvalue weighted by molar-refractivity contribution is 5.90. The molecule has 0 saturated carbocycles. The SMILES string of the molecule is CC=C1[C@H](O[C@H]2O[C@H](CO)[C@@H](O)[C@H](O)[C@H]2O)OC=C(C(=O)OC)[C@H]1CC(=O)OC[C@H]1O[C@H](OCCc2ccc(O)cc2)[C@@H](O)[C@H](O)[C@H]1O. The van der Waals surface area contributed by atoms with Crippen molar-refractivity contribution in [3.8, 4) is 5.75 Å². The fraction of sp³-hybridized carbons (Fsp3) is 0.613. The van der Waals surface area contributed by atoms with Gasteiger partial charge in [-0.3, -0.25) is 4.79 Å². The minimum atomic E-state index is -1.75. The molecule has 12 atom stereocenters. The third-order valence-corrected chi connectivity index (χ3v) is 8.29. The molecule has 2 saturated heterocycles. The molecule has 3 aliphatic rings. The Morgan fingerprint density at radius 1 is 0.875 bits per heavy atom. The molecule has 0 amide bonds. The van der Waals surface area contributed by atoms with Crippen LogP contribution in [0.5, 0.6) is 5.75 Å². The van der Waals surface area contributed by atoms with Crippen molar-refractivity contribution in [1.82, 2.24) is 0 Å². The smallest absolute Gasteiger partial charge is 0.337 e. The molecule has 8 N–H and O–H groups in total. The lowest BCUT2D eigenvalue weighted by Crippen LogP contribution is -2.60. The molecule has 3 aliphatic heterocycles. The van der Waals surface area contributed by atoms with Crippen molar-refractivity contribution in [3.05, 3.63) is 53.3 Å². The molecule has 17 heteroatoms. The molecule has 0 aromatic heterocycles. The predicted octanol–water partition coefficient (Wildman–Crippen LogP) is -2.52. The zero-order valence-electron chi connectivity index (χ0n) is 26.2. The van der Waals surface area contributed by atoms with Gasteiger partial charge in [0.15, 0.2) is 12.6 Å². The van der Waals surface area contributed by atoms with E-state index >= 15 is 0 Å². The van der Waals surface area contributed by atoms with Gasteiger partial charge >= 0.3 is 11.9 Å². The van der Waals surface area contributed by atoms with Crippen LogP contribution in [0, 0.1) is 5.92 Å². The number of carbonyl (C=O) groups excluding carboxylic acids is 2. The quantitative estimate of drug-likeness (QED) is 0.0834. The van der Waals surface area contributed by atoms with Gasteiger partial charge in [0, 0.05) is 11.5 Å². The van der Waals surface area contributed by atoms with Crippen molar-refractivity contribution in [3.63, 3.8) is 0 Å². The van der Waals surface area contributed by atoms with Crippen LogP contribution < -0.4 is 0 Å². The molecule has 0 aliphatic carbocycles. The van der Waals surface area contributed by atoms with E-state index in [9.17, 15) is 50.4 Å². The van der Waals surface area contributed by atoms with Gasteiger partial charge in [-0.15, -0.1) is 0 Å². The summed E-state index contributed by atoms with van der Waals surface area (Å²) in [6, 6.07) is 6.37. The number of aliphatic hydroxyl groups excluding tert-OH is 7. The van der Waals surface area contributed by atoms with Crippen LogP contribution in [0.2, 0.25) is 0 Å². The molecule has 3 heterocycles. The van der Waals surface area contributed by atoms with Crippen molar-refractivity contribution < 1.29 is 83.6 Å². The third-order valence-electron chi connectivity index (χ3n) is 8.29. The van der Waals surface area contributed by atoms with E-state index in [-0.39, 0.29) is 23.5 Å². The van der Waals surface area contributed by atoms with E-state index < -0.39 is 105 Å². The van der Waals surface area contributed by atoms with Gasteiger partial charge in [-0.05, 0) is 31.0 Å². The normalized spacial score (nSPS) is 36.2. The van der Waals surface area contributed by atoms with Gasteiger partial charge in [0.25, 0.3) is 0 Å². The maximum atomic E-state index is 13.1. The molecule has 268 valence electrons. The number of hydrogen-bond donors (Lipinski definition) is 8. The zero-order chi connectivity index (χ0) is 35.1. The van der Waals surface area contributed by atoms with Crippen LogP contribution in [-0.2, 0) is 49.2 Å². The fourth-order valence-electron chi connectivity index (χ4n) is 5.47. The summed E-state index contributed by atoms with van der Waals surface area (Å²) in [6.45, 7) is 0.335. The molecule has 48 heavy (non-hydrogen) atoms. The number of esters is 2. The van der Waals surface area contributed by atoms with Gasteiger partial charge < -0.3 is 74.0 Å². The van der Waals surface area contributed by atoms with E-state index in [4.69, 9.17) is 33.2 Å². The number of aromatic hydroxyl groups is 1. The minimum absolute atomic E-state index is 0.0483. The van der Waals surface area contributed by atoms with E-state index in [0.29, 0.717) is 6.42 Å². The van der Waals surface area contributed by atoms with Crippen molar-refractivity contribution in [2.45, 2.75) is 87.5 Å². The summed E-state index contributed by atoms with van der Waals surface area (Å²) in [5.41, 5.74) is 0.922. The number of aliphatic hydroxyl groups is 7. The van der Waals surface area contributed by atoms with Crippen LogP contribution in [0.25, 0.3) is 0 Å². The van der Waals surface area contributed by atoms with Crippen LogP contribution >= 0.6 is 0 Å². The first-order valence-corrected chi connectivity index (χ1v) is 15.2. The molecule has 0 bridgehead atoms.